The van der Waals surface area contributed by atoms with Crippen LogP contribution in [0.5, 0.6) is 11.5 Å². The number of para-hydroxylation sites is 2. The van der Waals surface area contributed by atoms with Crippen molar-refractivity contribution < 1.29 is 24.1 Å². The molecule has 9 rings (SSSR count). The van der Waals surface area contributed by atoms with Crippen molar-refractivity contribution in [1.29, 1.82) is 0 Å². The topological polar surface area (TPSA) is 35.2 Å². The fourth-order valence-corrected chi connectivity index (χ4v) is 9.18. The standard InChI is InChI=1S/C52H48N4O.Pt/c1-35-26-50(53-32-46(35)36-16-9-8-10-17-36)54-33-37-18-11-12-21-44(37)45-25-24-43(31-49(45)54)57-42-20-15-19-40(30-42)55-34-56(48-23-14-13-22-47(48)55)41-28-38(51(2,3)4)27-39(29-41)52(5,6)7;/h8-32H,33H2,1-7H3;. The molecule has 0 spiro atoms. The molecule has 0 saturated carbocycles. The summed E-state index contributed by atoms with van der Waals surface area (Å²) in [5.74, 6) is 2.46. The predicted octanol–water partition coefficient (Wildman–Crippen LogP) is 13.6. The Morgan fingerprint density at radius 3 is 1.90 bits per heavy atom. The third-order valence-electron chi connectivity index (χ3n) is 11.3. The summed E-state index contributed by atoms with van der Waals surface area (Å²) in [6, 6.07) is 52.0. The number of fused-ring (bicyclic) bond motifs is 4. The summed E-state index contributed by atoms with van der Waals surface area (Å²) in [4.78, 5) is 7.36. The summed E-state index contributed by atoms with van der Waals surface area (Å²) in [6.45, 7) is 16.7. The van der Waals surface area contributed by atoms with Crippen molar-refractivity contribution in [3.8, 4) is 45.1 Å². The molecular formula is C52H48N4OPt. The second-order valence-electron chi connectivity index (χ2n) is 17.4. The molecule has 3 heterocycles. The van der Waals surface area contributed by atoms with Crippen molar-refractivity contribution in [1.82, 2.24) is 14.1 Å². The zero-order valence-corrected chi connectivity index (χ0v) is 36.4. The molecule has 1 aliphatic heterocycles. The number of aromatic nitrogens is 3. The molecule has 5 nitrogen and oxygen atoms in total. The molecule has 292 valence electrons. The summed E-state index contributed by atoms with van der Waals surface area (Å²) in [5, 5.41) is 0. The van der Waals surface area contributed by atoms with Crippen molar-refractivity contribution >= 4 is 22.5 Å². The van der Waals surface area contributed by atoms with Crippen LogP contribution in [0, 0.1) is 10.7 Å². The Bertz CT molecular complexity index is 2880. The van der Waals surface area contributed by atoms with Crippen LogP contribution >= 0.6 is 0 Å². The molecular weight excluding hydrogens is 892 g/mol. The first-order valence-corrected chi connectivity index (χ1v) is 21.1. The molecule has 6 heteroatoms. The van der Waals surface area contributed by atoms with E-state index in [0.29, 0.717) is 6.54 Å². The van der Waals surface area contributed by atoms with Crippen molar-refractivity contribution in [2.24, 2.45) is 0 Å². The van der Waals surface area contributed by atoms with E-state index < -0.39 is 0 Å². The molecule has 0 radical (unpaired) electrons. The van der Waals surface area contributed by atoms with E-state index in [1.165, 1.54) is 39.1 Å². The van der Waals surface area contributed by atoms with E-state index in [1.807, 2.05) is 18.3 Å². The van der Waals surface area contributed by atoms with Crippen LogP contribution in [0.4, 0.5) is 11.5 Å². The Balaban J connectivity index is 1.10. The van der Waals surface area contributed by atoms with Crippen LogP contribution in [0.25, 0.3) is 44.7 Å². The second-order valence-corrected chi connectivity index (χ2v) is 18.4. The van der Waals surface area contributed by atoms with Crippen LogP contribution < -0.4 is 9.64 Å². The first kappa shape index (κ1) is 37.8. The third kappa shape index (κ3) is 6.96. The van der Waals surface area contributed by atoms with Crippen molar-refractivity contribution in [2.45, 2.75) is 65.8 Å². The molecule has 0 aliphatic carbocycles. The zero-order chi connectivity index (χ0) is 40.3. The molecule has 2 aromatic heterocycles. The maximum atomic E-state index is 6.76. The Labute approximate surface area is 352 Å². The van der Waals surface area contributed by atoms with E-state index in [0.717, 1.165) is 54.7 Å². The average molecular weight is 940 g/mol. The van der Waals surface area contributed by atoms with E-state index in [2.05, 4.69) is 215 Å². The van der Waals surface area contributed by atoms with E-state index in [-0.39, 0.29) is 10.8 Å². The molecule has 8 aromatic rings. The van der Waals surface area contributed by atoms with Crippen LogP contribution in [0.2, 0.25) is 0 Å². The molecule has 0 atom stereocenters. The van der Waals surface area contributed by atoms with Crippen LogP contribution in [0.1, 0.15) is 63.8 Å². The van der Waals surface area contributed by atoms with Gasteiger partial charge in [-0.05, 0) is 18.1 Å². The predicted molar refractivity (Wildman–Crippen MR) is 235 cm³/mol. The van der Waals surface area contributed by atoms with Gasteiger partial charge in [-0.25, -0.2) is 0 Å². The van der Waals surface area contributed by atoms with Crippen molar-refractivity contribution in [2.75, 3.05) is 4.90 Å². The first-order valence-electron chi connectivity index (χ1n) is 20.0. The van der Waals surface area contributed by atoms with Crippen molar-refractivity contribution in [3.05, 3.63) is 178 Å². The number of hydrogen-bond acceptors (Lipinski definition) is 3. The molecule has 0 bridgehead atoms. The maximum absolute atomic E-state index is 6.76. The third-order valence-corrected chi connectivity index (χ3v) is 12.3. The van der Waals surface area contributed by atoms with Gasteiger partial charge in [0.1, 0.15) is 0 Å². The monoisotopic (exact) mass is 939 g/mol. The van der Waals surface area contributed by atoms with Crippen LogP contribution in [0.15, 0.2) is 152 Å². The Hall–Kier alpha value is -5.77. The smallest absolute Gasteiger partial charge is 0.0622 e. The van der Waals surface area contributed by atoms with Gasteiger partial charge in [0, 0.05) is 11.8 Å². The Morgan fingerprint density at radius 1 is 0.569 bits per heavy atom. The van der Waals surface area contributed by atoms with E-state index in [4.69, 9.17) is 9.72 Å². The zero-order valence-electron chi connectivity index (χ0n) is 34.2. The van der Waals surface area contributed by atoms with Gasteiger partial charge in [-0.15, -0.1) is 0 Å². The van der Waals surface area contributed by atoms with Gasteiger partial charge in [0.25, 0.3) is 0 Å². The molecule has 0 unspecified atom stereocenters. The molecule has 58 heavy (non-hydrogen) atoms. The quantitative estimate of drug-likeness (QED) is 0.167. The van der Waals surface area contributed by atoms with Crippen LogP contribution in [0.3, 0.4) is 0 Å². The summed E-state index contributed by atoms with van der Waals surface area (Å²) < 4.78 is 12.6. The van der Waals surface area contributed by atoms with Gasteiger partial charge in [0.05, 0.1) is 0 Å². The van der Waals surface area contributed by atoms with E-state index in [1.54, 1.807) is 0 Å². The number of hydrogen-bond donors (Lipinski definition) is 0. The fraction of sp³-hybridized carbons (Fsp3) is 0.192. The number of imidazole rings is 1. The molecule has 0 amide bonds. The van der Waals surface area contributed by atoms with Gasteiger partial charge in [-0.2, -0.15) is 0 Å². The Morgan fingerprint density at radius 2 is 1.21 bits per heavy atom. The molecule has 0 N–H and O–H groups in total. The number of pyridine rings is 1. The van der Waals surface area contributed by atoms with Gasteiger partial charge in [0.15, 0.2) is 0 Å². The summed E-state index contributed by atoms with van der Waals surface area (Å²) in [7, 11) is 0. The van der Waals surface area contributed by atoms with Crippen molar-refractivity contribution in [3.63, 3.8) is 0 Å². The molecule has 6 aromatic carbocycles. The van der Waals surface area contributed by atoms with Crippen LogP contribution in [-0.4, -0.2) is 14.1 Å². The summed E-state index contributed by atoms with van der Waals surface area (Å²) in [5.41, 5.74) is 15.4. The fourth-order valence-electron chi connectivity index (χ4n) is 8.05. The first-order chi connectivity index (χ1) is 27.8. The summed E-state index contributed by atoms with van der Waals surface area (Å²) >= 11 is 2.49. The van der Waals surface area contributed by atoms with Gasteiger partial charge in [-0.1, -0.05) is 48.5 Å². The molecule has 0 fully saturated rings. The summed E-state index contributed by atoms with van der Waals surface area (Å²) in [6.07, 6.45) is 2.01. The van der Waals surface area contributed by atoms with E-state index in [9.17, 15) is 0 Å². The van der Waals surface area contributed by atoms with Crippen LogP contribution in [-0.2, 0) is 36.7 Å². The molecule has 1 aliphatic rings. The number of ether oxygens (including phenoxy) is 1. The van der Waals surface area contributed by atoms with Gasteiger partial charge < -0.3 is 0 Å². The molecule has 0 saturated heterocycles. The number of benzene rings is 6. The van der Waals surface area contributed by atoms with Gasteiger partial charge in [-0.3, -0.25) is 0 Å². The number of rotatable bonds is 6. The average Bonchev–Trinajstić information content (AvgIpc) is 3.51. The Kier molecular flexibility index (Phi) is 9.48. The second kappa shape index (κ2) is 14.6. The number of anilines is 2. The number of nitrogens with zero attached hydrogens (tertiary/aromatic N) is 4. The minimum absolute atomic E-state index is 0.00573. The number of aryl methyl sites for hydroxylation is 1. The minimum atomic E-state index is 0.00573. The normalized spacial score (nSPS) is 12.7. The SMILES string of the molecule is Cc1cc(N2Cc3ccccc3-c3ccc(Oc4cccc(-n5[c](=[Pt])n(-c6cc(C(C)(C)C)cc(C(C)(C)C)c6)c6ccccc65)c4)cc32)ncc1-c1ccccc1. The minimum Gasteiger partial charge on any atom is -0.0622 e. The van der Waals surface area contributed by atoms with E-state index >= 15 is 0 Å². The van der Waals surface area contributed by atoms with Gasteiger partial charge >= 0.3 is 276 Å². The van der Waals surface area contributed by atoms with Gasteiger partial charge in [0.2, 0.25) is 0 Å².